The minimum absolute atomic E-state index is 0. The highest BCUT2D eigenvalue weighted by atomic mass is 35.5. The third kappa shape index (κ3) is 7.19. The van der Waals surface area contributed by atoms with Crippen molar-refractivity contribution in [3.63, 3.8) is 0 Å². The Balaban J connectivity index is 0.00000392. The maximum Gasteiger partial charge on any atom is 0.243 e. The van der Waals surface area contributed by atoms with E-state index in [9.17, 15) is 9.59 Å². The Bertz CT molecular complexity index is 764. The van der Waals surface area contributed by atoms with Crippen LogP contribution in [0, 0.1) is 0 Å². The maximum absolute atomic E-state index is 11.8. The molecular weight excluding hydrogens is 382 g/mol. The van der Waals surface area contributed by atoms with E-state index in [1.165, 1.54) is 4.90 Å². The van der Waals surface area contributed by atoms with Crippen molar-refractivity contribution < 1.29 is 19.5 Å². The minimum Gasteiger partial charge on any atom is -0.457 e. The molecule has 2 amide bonds. The van der Waals surface area contributed by atoms with Crippen molar-refractivity contribution in [2.75, 3.05) is 14.1 Å². The summed E-state index contributed by atoms with van der Waals surface area (Å²) >= 11 is 0. The van der Waals surface area contributed by atoms with Crippen LogP contribution in [0.4, 0.5) is 0 Å². The fourth-order valence-electron chi connectivity index (χ4n) is 2.54. The molecule has 0 heterocycles. The number of halogens is 1. The van der Waals surface area contributed by atoms with E-state index in [0.29, 0.717) is 24.3 Å². The molecule has 0 radical (unpaired) electrons. The second-order valence-electron chi connectivity index (χ2n) is 6.47. The molecule has 0 saturated heterocycles. The number of hydrogen-bond acceptors (Lipinski definition) is 5. The Morgan fingerprint density at radius 2 is 1.54 bits per heavy atom. The number of nitrogens with zero attached hydrogens (tertiary/aromatic N) is 1. The molecule has 2 aromatic carbocycles. The first-order valence-electron chi connectivity index (χ1n) is 8.64. The van der Waals surface area contributed by atoms with Gasteiger partial charge in [0.25, 0.3) is 0 Å². The molecule has 0 aromatic heterocycles. The fourth-order valence-corrected chi connectivity index (χ4v) is 2.54. The highest BCUT2D eigenvalue weighted by Gasteiger charge is 2.15. The van der Waals surface area contributed by atoms with Gasteiger partial charge in [-0.05, 0) is 48.2 Å². The summed E-state index contributed by atoms with van der Waals surface area (Å²) in [5, 5.41) is 8.49. The summed E-state index contributed by atoms with van der Waals surface area (Å²) in [5.41, 5.74) is 9.47. The number of carbonyl (C=O) groups is 2. The standard InChI is InChI=1S/C20H25N3O4.ClH/c1-23(2)20(25)18(21)13-15-5-10-17(11-6-15)27-16-8-3-14(4-9-16)7-12-19(24)22-26;/h3-6,8-11,18,26H,7,12-13,21H2,1-2H3,(H,22,24);1H/t18-;/m1./s1. The van der Waals surface area contributed by atoms with Gasteiger partial charge in [-0.1, -0.05) is 24.3 Å². The Labute approximate surface area is 170 Å². The van der Waals surface area contributed by atoms with Crippen molar-refractivity contribution in [3.05, 3.63) is 59.7 Å². The lowest BCUT2D eigenvalue weighted by atomic mass is 10.1. The van der Waals surface area contributed by atoms with Gasteiger partial charge in [0.1, 0.15) is 11.5 Å². The minimum atomic E-state index is -0.563. The number of ether oxygens (including phenoxy) is 1. The van der Waals surface area contributed by atoms with Crippen LogP contribution in [0.5, 0.6) is 11.5 Å². The molecule has 0 unspecified atom stereocenters. The first-order chi connectivity index (χ1) is 12.9. The van der Waals surface area contributed by atoms with Gasteiger partial charge in [-0.25, -0.2) is 5.48 Å². The predicted octanol–water partition coefficient (Wildman–Crippen LogP) is 2.30. The van der Waals surface area contributed by atoms with E-state index in [0.717, 1.165) is 11.1 Å². The van der Waals surface area contributed by atoms with E-state index in [-0.39, 0.29) is 24.7 Å². The van der Waals surface area contributed by atoms with Crippen molar-refractivity contribution in [2.45, 2.75) is 25.3 Å². The molecule has 152 valence electrons. The van der Waals surface area contributed by atoms with Gasteiger partial charge in [-0.2, -0.15) is 0 Å². The summed E-state index contributed by atoms with van der Waals surface area (Å²) in [7, 11) is 3.37. The van der Waals surface area contributed by atoms with Gasteiger partial charge in [0.15, 0.2) is 0 Å². The summed E-state index contributed by atoms with van der Waals surface area (Å²) in [4.78, 5) is 24.4. The molecule has 0 spiro atoms. The van der Waals surface area contributed by atoms with Gasteiger partial charge >= 0.3 is 0 Å². The molecule has 2 aromatic rings. The molecule has 0 saturated carbocycles. The molecule has 0 aliphatic carbocycles. The lowest BCUT2D eigenvalue weighted by Gasteiger charge is -2.16. The largest absolute Gasteiger partial charge is 0.457 e. The molecule has 0 aliphatic rings. The van der Waals surface area contributed by atoms with Crippen LogP contribution in [0.2, 0.25) is 0 Å². The van der Waals surface area contributed by atoms with Crippen molar-refractivity contribution >= 4 is 24.2 Å². The zero-order chi connectivity index (χ0) is 19.8. The fraction of sp³-hybridized carbons (Fsp3) is 0.300. The average molecular weight is 408 g/mol. The smallest absolute Gasteiger partial charge is 0.243 e. The zero-order valence-electron chi connectivity index (χ0n) is 15.9. The Hall–Kier alpha value is -2.61. The van der Waals surface area contributed by atoms with Gasteiger partial charge < -0.3 is 15.4 Å². The quantitative estimate of drug-likeness (QED) is 0.460. The topological polar surface area (TPSA) is 105 Å². The number of benzene rings is 2. The van der Waals surface area contributed by atoms with Crippen molar-refractivity contribution in [1.29, 1.82) is 0 Å². The molecule has 8 heteroatoms. The second-order valence-corrected chi connectivity index (χ2v) is 6.47. The first-order valence-corrected chi connectivity index (χ1v) is 8.64. The van der Waals surface area contributed by atoms with Crippen LogP contribution in [-0.4, -0.2) is 42.1 Å². The van der Waals surface area contributed by atoms with E-state index in [2.05, 4.69) is 0 Å². The molecule has 1 atom stereocenters. The third-order valence-corrected chi connectivity index (χ3v) is 4.06. The summed E-state index contributed by atoms with van der Waals surface area (Å²) in [6.07, 6.45) is 1.22. The van der Waals surface area contributed by atoms with Crippen LogP contribution >= 0.6 is 12.4 Å². The number of aryl methyl sites for hydroxylation is 1. The number of likely N-dealkylation sites (N-methyl/N-ethyl adjacent to an activating group) is 1. The number of carbonyl (C=O) groups excluding carboxylic acids is 2. The molecule has 2 rings (SSSR count). The van der Waals surface area contributed by atoms with Crippen LogP contribution < -0.4 is 16.0 Å². The lowest BCUT2D eigenvalue weighted by Crippen LogP contribution is -2.41. The van der Waals surface area contributed by atoms with Crippen molar-refractivity contribution in [3.8, 4) is 11.5 Å². The van der Waals surface area contributed by atoms with E-state index in [4.69, 9.17) is 15.7 Å². The third-order valence-electron chi connectivity index (χ3n) is 4.06. The van der Waals surface area contributed by atoms with Gasteiger partial charge in [0, 0.05) is 20.5 Å². The molecule has 28 heavy (non-hydrogen) atoms. The summed E-state index contributed by atoms with van der Waals surface area (Å²) < 4.78 is 5.80. The number of nitrogens with two attached hydrogens (primary N) is 1. The van der Waals surface area contributed by atoms with Crippen LogP contribution in [0.1, 0.15) is 17.5 Å². The summed E-state index contributed by atoms with van der Waals surface area (Å²) in [5.74, 6) is 0.838. The van der Waals surface area contributed by atoms with Crippen LogP contribution in [-0.2, 0) is 22.4 Å². The Kier molecular flexibility index (Phi) is 9.44. The Morgan fingerprint density at radius 3 is 2.00 bits per heavy atom. The molecule has 0 aliphatic heterocycles. The highest BCUT2D eigenvalue weighted by molar-refractivity contribution is 5.85. The van der Waals surface area contributed by atoms with Gasteiger partial charge in [-0.15, -0.1) is 12.4 Å². The van der Waals surface area contributed by atoms with E-state index in [1.54, 1.807) is 19.6 Å². The number of hydrogen-bond donors (Lipinski definition) is 3. The number of rotatable bonds is 8. The average Bonchev–Trinajstić information content (AvgIpc) is 2.67. The highest BCUT2D eigenvalue weighted by Crippen LogP contribution is 2.22. The maximum atomic E-state index is 11.8. The zero-order valence-corrected chi connectivity index (χ0v) is 16.7. The monoisotopic (exact) mass is 407 g/mol. The second kappa shape index (κ2) is 11.3. The molecular formula is C20H26ClN3O4. The molecule has 0 fully saturated rings. The summed E-state index contributed by atoms with van der Waals surface area (Å²) in [6.45, 7) is 0. The van der Waals surface area contributed by atoms with E-state index in [1.807, 2.05) is 48.5 Å². The predicted molar refractivity (Wildman–Crippen MR) is 109 cm³/mol. The molecule has 7 nitrogen and oxygen atoms in total. The van der Waals surface area contributed by atoms with Crippen molar-refractivity contribution in [2.24, 2.45) is 5.73 Å². The first kappa shape index (κ1) is 23.4. The number of hydroxylamine groups is 1. The van der Waals surface area contributed by atoms with E-state index >= 15 is 0 Å². The SMILES string of the molecule is CN(C)C(=O)[C@H](N)Cc1ccc(Oc2ccc(CCC(=O)NO)cc2)cc1.Cl. The number of amides is 2. The number of nitrogens with one attached hydrogen (secondary N) is 1. The van der Waals surface area contributed by atoms with E-state index < -0.39 is 11.9 Å². The lowest BCUT2D eigenvalue weighted by molar-refractivity contribution is -0.130. The molecule has 0 bridgehead atoms. The molecule has 4 N–H and O–H groups in total. The van der Waals surface area contributed by atoms with Crippen LogP contribution in [0.15, 0.2) is 48.5 Å². The van der Waals surface area contributed by atoms with Gasteiger partial charge in [0.2, 0.25) is 11.8 Å². The van der Waals surface area contributed by atoms with Crippen molar-refractivity contribution in [1.82, 2.24) is 10.4 Å². The van der Waals surface area contributed by atoms with Gasteiger partial charge in [-0.3, -0.25) is 14.8 Å². The van der Waals surface area contributed by atoms with Gasteiger partial charge in [0.05, 0.1) is 6.04 Å². The van der Waals surface area contributed by atoms with Crippen LogP contribution in [0.3, 0.4) is 0 Å². The van der Waals surface area contributed by atoms with Crippen LogP contribution in [0.25, 0.3) is 0 Å². The summed E-state index contributed by atoms with van der Waals surface area (Å²) in [6, 6.07) is 14.3. The Morgan fingerprint density at radius 1 is 1.04 bits per heavy atom. The normalized spacial score (nSPS) is 11.1.